The highest BCUT2D eigenvalue weighted by Gasteiger charge is 2.05. The fourth-order valence-corrected chi connectivity index (χ4v) is 2.55. The molecule has 1 amide bonds. The molecule has 1 N–H and O–H groups in total. The zero-order chi connectivity index (χ0) is 19.5. The lowest BCUT2D eigenvalue weighted by Gasteiger charge is -2.13. The maximum Gasteiger partial charge on any atom is 0.244 e. The van der Waals surface area contributed by atoms with Gasteiger partial charge in [0.25, 0.3) is 0 Å². The number of benzene rings is 2. The van der Waals surface area contributed by atoms with Crippen LogP contribution in [0.25, 0.3) is 6.08 Å². The molecule has 0 spiro atoms. The van der Waals surface area contributed by atoms with Gasteiger partial charge in [-0.3, -0.25) is 4.79 Å². The first-order chi connectivity index (χ1) is 13.1. The monoisotopic (exact) mass is 369 g/mol. The predicted octanol–water partition coefficient (Wildman–Crippen LogP) is 4.00. The van der Waals surface area contributed by atoms with Gasteiger partial charge in [0.1, 0.15) is 0 Å². The third-order valence-corrected chi connectivity index (χ3v) is 4.09. The molecule has 0 aromatic heterocycles. The van der Waals surface area contributed by atoms with Crippen LogP contribution in [0.4, 0.5) is 0 Å². The first kappa shape index (κ1) is 20.5. The van der Waals surface area contributed by atoms with Crippen LogP contribution in [0.5, 0.6) is 11.5 Å². The molecule has 0 saturated carbocycles. The van der Waals surface area contributed by atoms with Gasteiger partial charge in [0, 0.05) is 19.2 Å². The molecule has 144 valence electrons. The molecule has 2 aromatic carbocycles. The van der Waals surface area contributed by atoms with E-state index in [0.717, 1.165) is 17.5 Å². The Labute approximate surface area is 161 Å². The van der Waals surface area contributed by atoms with Crippen molar-refractivity contribution in [3.63, 3.8) is 0 Å². The molecule has 0 aliphatic rings. The van der Waals surface area contributed by atoms with Crippen molar-refractivity contribution in [2.75, 3.05) is 27.4 Å². The summed E-state index contributed by atoms with van der Waals surface area (Å²) in [7, 11) is 3.17. The molecule has 0 heterocycles. The summed E-state index contributed by atoms with van der Waals surface area (Å²) in [5.74, 6) is 1.15. The van der Waals surface area contributed by atoms with E-state index in [4.69, 9.17) is 14.2 Å². The Morgan fingerprint density at radius 2 is 1.81 bits per heavy atom. The number of carbonyl (C=O) groups excluding carboxylic acids is 1. The molecule has 1 unspecified atom stereocenters. The molecule has 0 fully saturated rings. The summed E-state index contributed by atoms with van der Waals surface area (Å²) in [5.41, 5.74) is 2.02. The van der Waals surface area contributed by atoms with E-state index in [1.165, 1.54) is 6.08 Å². The van der Waals surface area contributed by atoms with Crippen molar-refractivity contribution in [2.45, 2.75) is 19.4 Å². The average molecular weight is 369 g/mol. The molecule has 2 aromatic rings. The third-order valence-electron chi connectivity index (χ3n) is 4.09. The second-order valence-corrected chi connectivity index (χ2v) is 6.02. The van der Waals surface area contributed by atoms with E-state index >= 15 is 0 Å². The lowest BCUT2D eigenvalue weighted by molar-refractivity contribution is -0.116. The van der Waals surface area contributed by atoms with Gasteiger partial charge in [-0.15, -0.1) is 0 Å². The molecule has 1 atom stereocenters. The zero-order valence-electron chi connectivity index (χ0n) is 16.1. The van der Waals surface area contributed by atoms with Crippen LogP contribution in [0.15, 0.2) is 54.6 Å². The van der Waals surface area contributed by atoms with Crippen LogP contribution in [0, 0.1) is 0 Å². The number of rotatable bonds is 10. The van der Waals surface area contributed by atoms with Crippen molar-refractivity contribution in [3.05, 3.63) is 65.7 Å². The minimum Gasteiger partial charge on any atom is -0.493 e. The summed E-state index contributed by atoms with van der Waals surface area (Å²) in [6, 6.07) is 15.6. The van der Waals surface area contributed by atoms with Gasteiger partial charge in [-0.2, -0.15) is 0 Å². The van der Waals surface area contributed by atoms with Gasteiger partial charge >= 0.3 is 0 Å². The molecule has 5 heteroatoms. The molecule has 0 bridgehead atoms. The van der Waals surface area contributed by atoms with Crippen LogP contribution < -0.4 is 14.8 Å². The van der Waals surface area contributed by atoms with Crippen molar-refractivity contribution in [2.24, 2.45) is 0 Å². The smallest absolute Gasteiger partial charge is 0.244 e. The maximum atomic E-state index is 11.9. The molecule has 0 aliphatic carbocycles. The summed E-state index contributed by atoms with van der Waals surface area (Å²) in [4.78, 5) is 11.9. The lowest BCUT2D eigenvalue weighted by atomic mass is 10.1. The number of ether oxygens (including phenoxy) is 3. The number of carbonyl (C=O) groups is 1. The Morgan fingerprint density at radius 3 is 2.52 bits per heavy atom. The van der Waals surface area contributed by atoms with Crippen LogP contribution in [-0.2, 0) is 9.53 Å². The van der Waals surface area contributed by atoms with E-state index in [-0.39, 0.29) is 12.0 Å². The predicted molar refractivity (Wildman–Crippen MR) is 107 cm³/mol. The number of methoxy groups -OCH3 is 2. The quantitative estimate of drug-likeness (QED) is 0.508. The Kier molecular flexibility index (Phi) is 8.39. The van der Waals surface area contributed by atoms with Crippen molar-refractivity contribution in [3.8, 4) is 11.5 Å². The third kappa shape index (κ3) is 6.79. The van der Waals surface area contributed by atoms with Gasteiger partial charge in [0.05, 0.1) is 20.3 Å². The Hall–Kier alpha value is -2.79. The standard InChI is InChI=1S/C22H27NO4/c1-17(19-8-5-4-6-9-19)27-15-7-14-23-22(24)13-11-18-10-12-20(25-2)21(16-18)26-3/h4-6,8-13,16-17H,7,14-15H2,1-3H3,(H,23,24)/b13-11+. The molecule has 5 nitrogen and oxygen atoms in total. The van der Waals surface area contributed by atoms with Crippen molar-refractivity contribution < 1.29 is 19.0 Å². The molecular formula is C22H27NO4. The fraction of sp³-hybridized carbons (Fsp3) is 0.318. The molecular weight excluding hydrogens is 342 g/mol. The SMILES string of the molecule is COc1ccc(/C=C/C(=O)NCCCOC(C)c2ccccc2)cc1OC. The number of hydrogen-bond donors (Lipinski definition) is 1. The first-order valence-corrected chi connectivity index (χ1v) is 8.98. The van der Waals surface area contributed by atoms with Crippen LogP contribution in [0.1, 0.15) is 30.6 Å². The van der Waals surface area contributed by atoms with Crippen LogP contribution in [0.2, 0.25) is 0 Å². The van der Waals surface area contributed by atoms with Crippen LogP contribution in [-0.4, -0.2) is 33.3 Å². The highest BCUT2D eigenvalue weighted by molar-refractivity contribution is 5.91. The number of amides is 1. The Balaban J connectivity index is 1.69. The van der Waals surface area contributed by atoms with E-state index in [1.807, 2.05) is 55.5 Å². The van der Waals surface area contributed by atoms with E-state index in [9.17, 15) is 4.79 Å². The Morgan fingerprint density at radius 1 is 1.07 bits per heavy atom. The number of hydrogen-bond acceptors (Lipinski definition) is 4. The van der Waals surface area contributed by atoms with E-state index in [0.29, 0.717) is 24.7 Å². The summed E-state index contributed by atoms with van der Waals surface area (Å²) in [5, 5.41) is 2.86. The topological polar surface area (TPSA) is 56.8 Å². The normalized spacial score (nSPS) is 12.0. The van der Waals surface area contributed by atoms with Gasteiger partial charge in [-0.1, -0.05) is 36.4 Å². The Bertz CT molecular complexity index is 743. The summed E-state index contributed by atoms with van der Waals surface area (Å²) >= 11 is 0. The van der Waals surface area contributed by atoms with E-state index in [2.05, 4.69) is 5.32 Å². The zero-order valence-corrected chi connectivity index (χ0v) is 16.1. The highest BCUT2D eigenvalue weighted by Crippen LogP contribution is 2.27. The summed E-state index contributed by atoms with van der Waals surface area (Å²) < 4.78 is 16.2. The van der Waals surface area contributed by atoms with Gasteiger partial charge in [0.15, 0.2) is 11.5 Å². The van der Waals surface area contributed by atoms with Gasteiger partial charge in [-0.25, -0.2) is 0 Å². The maximum absolute atomic E-state index is 11.9. The van der Waals surface area contributed by atoms with Gasteiger partial charge in [-0.05, 0) is 42.7 Å². The molecule has 2 rings (SSSR count). The van der Waals surface area contributed by atoms with E-state index < -0.39 is 0 Å². The first-order valence-electron chi connectivity index (χ1n) is 8.98. The second kappa shape index (κ2) is 11.0. The van der Waals surface area contributed by atoms with Crippen LogP contribution in [0.3, 0.4) is 0 Å². The minimum atomic E-state index is -0.138. The van der Waals surface area contributed by atoms with Crippen molar-refractivity contribution >= 4 is 12.0 Å². The van der Waals surface area contributed by atoms with Gasteiger partial charge < -0.3 is 19.5 Å². The van der Waals surface area contributed by atoms with Crippen molar-refractivity contribution in [1.29, 1.82) is 0 Å². The average Bonchev–Trinajstić information content (AvgIpc) is 2.72. The van der Waals surface area contributed by atoms with Gasteiger partial charge in [0.2, 0.25) is 5.91 Å². The molecule has 0 aliphatic heterocycles. The largest absolute Gasteiger partial charge is 0.493 e. The molecule has 27 heavy (non-hydrogen) atoms. The minimum absolute atomic E-state index is 0.0480. The lowest BCUT2D eigenvalue weighted by Crippen LogP contribution is -2.23. The van der Waals surface area contributed by atoms with E-state index in [1.54, 1.807) is 20.3 Å². The summed E-state index contributed by atoms with van der Waals surface area (Å²) in [6.07, 6.45) is 4.06. The molecule has 0 saturated heterocycles. The van der Waals surface area contributed by atoms with Crippen LogP contribution >= 0.6 is 0 Å². The second-order valence-electron chi connectivity index (χ2n) is 6.02. The number of nitrogens with one attached hydrogen (secondary N) is 1. The highest BCUT2D eigenvalue weighted by atomic mass is 16.5. The summed E-state index contributed by atoms with van der Waals surface area (Å²) in [6.45, 7) is 3.19. The fourth-order valence-electron chi connectivity index (χ4n) is 2.55. The van der Waals surface area contributed by atoms with Crippen molar-refractivity contribution in [1.82, 2.24) is 5.32 Å². The molecule has 0 radical (unpaired) electrons.